The topological polar surface area (TPSA) is 49.4 Å². The van der Waals surface area contributed by atoms with E-state index in [2.05, 4.69) is 24.4 Å². The number of nitrogens with one attached hydrogen (secondary N) is 1. The van der Waals surface area contributed by atoms with Crippen molar-refractivity contribution in [3.63, 3.8) is 0 Å². The van der Waals surface area contributed by atoms with Gasteiger partial charge in [-0.3, -0.25) is 9.59 Å². The molecule has 2 amide bonds. The third-order valence-electron chi connectivity index (χ3n) is 5.76. The van der Waals surface area contributed by atoms with Gasteiger partial charge < -0.3 is 10.2 Å². The highest BCUT2D eigenvalue weighted by atomic mass is 32.2. The monoisotopic (exact) mass is 474 g/mol. The summed E-state index contributed by atoms with van der Waals surface area (Å²) in [6, 6.07) is 27.5. The zero-order chi connectivity index (χ0) is 24.2. The number of hydrogen-bond donors (Lipinski definition) is 1. The highest BCUT2D eigenvalue weighted by molar-refractivity contribution is 7.99. The van der Waals surface area contributed by atoms with Crippen molar-refractivity contribution < 1.29 is 9.59 Å². The fourth-order valence-electron chi connectivity index (χ4n) is 3.80. The van der Waals surface area contributed by atoms with E-state index < -0.39 is 6.04 Å². The van der Waals surface area contributed by atoms with Crippen molar-refractivity contribution in [3.05, 3.63) is 107 Å². The highest BCUT2D eigenvalue weighted by Gasteiger charge is 2.30. The molecule has 0 radical (unpaired) electrons. The molecule has 3 aromatic carbocycles. The van der Waals surface area contributed by atoms with E-state index in [9.17, 15) is 9.59 Å². The molecule has 1 atom stereocenters. The van der Waals surface area contributed by atoms with Gasteiger partial charge in [0, 0.05) is 25.3 Å². The molecule has 0 bridgehead atoms. The van der Waals surface area contributed by atoms with Crippen LogP contribution in [0.15, 0.2) is 84.9 Å². The Bertz CT molecular complexity index is 1040. The summed E-state index contributed by atoms with van der Waals surface area (Å²) in [7, 11) is 0. The molecule has 34 heavy (non-hydrogen) atoms. The Morgan fingerprint density at radius 3 is 2.15 bits per heavy atom. The molecule has 0 aromatic heterocycles. The molecule has 3 rings (SSSR count). The van der Waals surface area contributed by atoms with Crippen molar-refractivity contribution in [1.82, 2.24) is 10.2 Å². The Hall–Kier alpha value is -3.05. The van der Waals surface area contributed by atoms with Gasteiger partial charge in [0.05, 0.1) is 5.75 Å². The predicted octanol–water partition coefficient (Wildman–Crippen LogP) is 5.39. The Morgan fingerprint density at radius 1 is 0.882 bits per heavy atom. The molecular weight excluding hydrogens is 440 g/mol. The molecule has 0 aliphatic carbocycles. The number of thioether (sulfide) groups is 1. The van der Waals surface area contributed by atoms with Crippen LogP contribution in [0.1, 0.15) is 35.6 Å². The van der Waals surface area contributed by atoms with Gasteiger partial charge in [-0.2, -0.15) is 0 Å². The molecule has 0 saturated carbocycles. The van der Waals surface area contributed by atoms with Crippen LogP contribution < -0.4 is 5.32 Å². The minimum Gasteiger partial charge on any atom is -0.354 e. The number of aryl methyl sites for hydroxylation is 1. The Morgan fingerprint density at radius 2 is 1.50 bits per heavy atom. The van der Waals surface area contributed by atoms with Gasteiger partial charge in [-0.1, -0.05) is 91.9 Å². The van der Waals surface area contributed by atoms with E-state index in [1.54, 1.807) is 16.7 Å². The molecule has 0 spiro atoms. The normalized spacial score (nSPS) is 11.6. The van der Waals surface area contributed by atoms with Crippen LogP contribution in [0, 0.1) is 6.92 Å². The minimum absolute atomic E-state index is 0.0185. The van der Waals surface area contributed by atoms with Gasteiger partial charge >= 0.3 is 0 Å². The predicted molar refractivity (Wildman–Crippen MR) is 142 cm³/mol. The molecule has 3 aromatic rings. The maximum absolute atomic E-state index is 13.6. The minimum atomic E-state index is -0.569. The molecule has 178 valence electrons. The molecule has 1 N–H and O–H groups in total. The summed E-state index contributed by atoms with van der Waals surface area (Å²) in [5.41, 5.74) is 4.51. The Labute approximate surface area is 207 Å². The molecule has 4 nitrogen and oxygen atoms in total. The summed E-state index contributed by atoms with van der Waals surface area (Å²) in [5, 5.41) is 3.02. The second-order valence-corrected chi connectivity index (χ2v) is 9.41. The molecular formula is C29H34N2O2S. The van der Waals surface area contributed by atoms with Gasteiger partial charge in [0.1, 0.15) is 6.04 Å². The van der Waals surface area contributed by atoms with Crippen molar-refractivity contribution in [1.29, 1.82) is 0 Å². The Kier molecular flexibility index (Phi) is 10.2. The fourth-order valence-corrected chi connectivity index (χ4v) is 4.79. The van der Waals surface area contributed by atoms with Crippen LogP contribution in [-0.2, 0) is 28.3 Å². The fraction of sp³-hybridized carbons (Fsp3) is 0.310. The third kappa shape index (κ3) is 7.77. The van der Waals surface area contributed by atoms with Gasteiger partial charge in [-0.15, -0.1) is 11.8 Å². The summed E-state index contributed by atoms with van der Waals surface area (Å²) >= 11 is 1.60. The maximum atomic E-state index is 13.6. The van der Waals surface area contributed by atoms with Crippen LogP contribution in [0.5, 0.6) is 0 Å². The number of benzene rings is 3. The van der Waals surface area contributed by atoms with E-state index in [-0.39, 0.29) is 11.8 Å². The van der Waals surface area contributed by atoms with E-state index in [0.717, 1.165) is 23.3 Å². The molecule has 5 heteroatoms. The zero-order valence-electron chi connectivity index (χ0n) is 20.1. The SMILES string of the molecule is CCCNC(=O)[C@@H](Cc1ccccc1)N(Cc1ccccc1)C(=O)CSCc1ccccc1C. The smallest absolute Gasteiger partial charge is 0.243 e. The first-order chi connectivity index (χ1) is 16.6. The van der Waals surface area contributed by atoms with E-state index in [0.29, 0.717) is 25.3 Å². The quantitative estimate of drug-likeness (QED) is 0.383. The average molecular weight is 475 g/mol. The van der Waals surface area contributed by atoms with Gasteiger partial charge in [-0.25, -0.2) is 0 Å². The molecule has 0 saturated heterocycles. The van der Waals surface area contributed by atoms with Crippen molar-refractivity contribution in [2.24, 2.45) is 0 Å². The molecule has 0 fully saturated rings. The average Bonchev–Trinajstić information content (AvgIpc) is 2.87. The molecule has 0 aliphatic heterocycles. The summed E-state index contributed by atoms with van der Waals surface area (Å²) in [4.78, 5) is 28.6. The van der Waals surface area contributed by atoms with Crippen molar-refractivity contribution >= 4 is 23.6 Å². The lowest BCUT2D eigenvalue weighted by molar-refractivity contribution is -0.139. The Balaban J connectivity index is 1.81. The lowest BCUT2D eigenvalue weighted by Crippen LogP contribution is -2.51. The molecule has 0 unspecified atom stereocenters. The van der Waals surface area contributed by atoms with E-state index in [4.69, 9.17) is 0 Å². The first kappa shape index (κ1) is 25.6. The summed E-state index contributed by atoms with van der Waals surface area (Å²) in [6.07, 6.45) is 1.33. The lowest BCUT2D eigenvalue weighted by atomic mass is 10.0. The van der Waals surface area contributed by atoms with Crippen LogP contribution in [-0.4, -0.2) is 35.1 Å². The van der Waals surface area contributed by atoms with E-state index in [1.165, 1.54) is 11.1 Å². The van der Waals surface area contributed by atoms with Crippen LogP contribution in [0.2, 0.25) is 0 Å². The summed E-state index contributed by atoms with van der Waals surface area (Å²) < 4.78 is 0. The summed E-state index contributed by atoms with van der Waals surface area (Å²) in [5.74, 6) is 0.977. The second-order valence-electron chi connectivity index (χ2n) is 8.42. The number of carbonyl (C=O) groups is 2. The van der Waals surface area contributed by atoms with Crippen LogP contribution in [0.25, 0.3) is 0 Å². The largest absolute Gasteiger partial charge is 0.354 e. The third-order valence-corrected chi connectivity index (χ3v) is 6.73. The number of hydrogen-bond acceptors (Lipinski definition) is 3. The number of nitrogens with zero attached hydrogens (tertiary/aromatic N) is 1. The van der Waals surface area contributed by atoms with E-state index >= 15 is 0 Å². The number of amides is 2. The lowest BCUT2D eigenvalue weighted by Gasteiger charge is -2.31. The van der Waals surface area contributed by atoms with Crippen molar-refractivity contribution in [2.45, 2.75) is 45.0 Å². The maximum Gasteiger partial charge on any atom is 0.243 e. The first-order valence-electron chi connectivity index (χ1n) is 11.9. The number of rotatable bonds is 12. The summed E-state index contributed by atoms with van der Waals surface area (Å²) in [6.45, 7) is 5.12. The van der Waals surface area contributed by atoms with Crippen LogP contribution in [0.3, 0.4) is 0 Å². The van der Waals surface area contributed by atoms with Crippen LogP contribution >= 0.6 is 11.8 Å². The van der Waals surface area contributed by atoms with Gasteiger partial charge in [-0.05, 0) is 35.6 Å². The zero-order valence-corrected chi connectivity index (χ0v) is 20.9. The van der Waals surface area contributed by atoms with Crippen molar-refractivity contribution in [3.8, 4) is 0 Å². The van der Waals surface area contributed by atoms with Gasteiger partial charge in [0.15, 0.2) is 0 Å². The number of carbonyl (C=O) groups excluding carboxylic acids is 2. The molecule has 0 aliphatic rings. The first-order valence-corrected chi connectivity index (χ1v) is 13.0. The van der Waals surface area contributed by atoms with Gasteiger partial charge in [0.2, 0.25) is 11.8 Å². The standard InChI is InChI=1S/C29H34N2O2S/c1-3-18-30-29(33)27(19-24-13-6-4-7-14-24)31(20-25-15-8-5-9-16-25)28(32)22-34-21-26-17-11-10-12-23(26)2/h4-17,27H,3,18-22H2,1-2H3,(H,30,33)/t27-/m1/s1. The van der Waals surface area contributed by atoms with Crippen molar-refractivity contribution in [2.75, 3.05) is 12.3 Å². The second kappa shape index (κ2) is 13.6. The molecule has 0 heterocycles. The van der Waals surface area contributed by atoms with Crippen LogP contribution in [0.4, 0.5) is 0 Å². The van der Waals surface area contributed by atoms with Gasteiger partial charge in [0.25, 0.3) is 0 Å². The highest BCUT2D eigenvalue weighted by Crippen LogP contribution is 2.20. The van der Waals surface area contributed by atoms with E-state index in [1.807, 2.05) is 79.7 Å².